The van der Waals surface area contributed by atoms with Gasteiger partial charge in [-0.05, 0) is 24.3 Å². The number of anilines is 3. The smallest absolute Gasteiger partial charge is 0.223 e. The Morgan fingerprint density at radius 2 is 1.88 bits per heavy atom. The molecule has 4 nitrogen and oxygen atoms in total. The van der Waals surface area contributed by atoms with Crippen LogP contribution in [0.15, 0.2) is 30.3 Å². The van der Waals surface area contributed by atoms with Gasteiger partial charge in [0.05, 0.1) is 0 Å². The highest BCUT2D eigenvalue weighted by molar-refractivity contribution is 6.29. The number of benzene rings is 1. The number of hydrogen-bond acceptors (Lipinski definition) is 4. The molecule has 0 saturated carbocycles. The molecule has 1 aromatic carbocycles. The third kappa shape index (κ3) is 2.62. The highest BCUT2D eigenvalue weighted by Gasteiger charge is 2.08. The number of rotatable bonds is 2. The van der Waals surface area contributed by atoms with Crippen LogP contribution >= 0.6 is 11.6 Å². The summed E-state index contributed by atoms with van der Waals surface area (Å²) in [5.74, 6) is 0.359. The Kier molecular flexibility index (Phi) is 3.10. The second-order valence-electron chi connectivity index (χ2n) is 3.44. The van der Waals surface area contributed by atoms with Gasteiger partial charge in [-0.25, -0.2) is 9.37 Å². The summed E-state index contributed by atoms with van der Waals surface area (Å²) < 4.78 is 12.8. The van der Waals surface area contributed by atoms with Gasteiger partial charge in [0.25, 0.3) is 0 Å². The molecule has 0 bridgehead atoms. The molecule has 2 aromatic rings. The minimum Gasteiger partial charge on any atom is -0.368 e. The predicted molar refractivity (Wildman–Crippen MR) is 65.9 cm³/mol. The summed E-state index contributed by atoms with van der Waals surface area (Å²) in [5.41, 5.74) is 6.28. The van der Waals surface area contributed by atoms with Gasteiger partial charge in [-0.3, -0.25) is 0 Å². The molecule has 0 atom stereocenters. The van der Waals surface area contributed by atoms with E-state index in [1.54, 1.807) is 30.1 Å². The molecule has 2 rings (SSSR count). The Labute approximate surface area is 103 Å². The van der Waals surface area contributed by atoms with E-state index < -0.39 is 0 Å². The zero-order chi connectivity index (χ0) is 12.4. The van der Waals surface area contributed by atoms with Crippen LogP contribution in [0.4, 0.5) is 21.8 Å². The second-order valence-corrected chi connectivity index (χ2v) is 3.83. The second kappa shape index (κ2) is 4.55. The van der Waals surface area contributed by atoms with Gasteiger partial charge in [-0.2, -0.15) is 4.98 Å². The first-order chi connectivity index (χ1) is 8.06. The number of halogens is 2. The van der Waals surface area contributed by atoms with E-state index >= 15 is 0 Å². The van der Waals surface area contributed by atoms with Crippen LogP contribution in [-0.2, 0) is 0 Å². The van der Waals surface area contributed by atoms with Crippen LogP contribution in [-0.4, -0.2) is 17.0 Å². The van der Waals surface area contributed by atoms with Gasteiger partial charge in [0, 0.05) is 18.8 Å². The van der Waals surface area contributed by atoms with Crippen molar-refractivity contribution in [2.45, 2.75) is 0 Å². The average molecular weight is 253 g/mol. The standard InChI is InChI=1S/C11H10ClFN4/c1-17(8-4-2-7(13)3-5-8)10-6-9(12)15-11(14)16-10/h2-6H,1H3,(H2,14,15,16). The molecule has 0 radical (unpaired) electrons. The van der Waals surface area contributed by atoms with Crippen LogP contribution in [0.25, 0.3) is 0 Å². The van der Waals surface area contributed by atoms with Gasteiger partial charge in [0.1, 0.15) is 16.8 Å². The average Bonchev–Trinajstić information content (AvgIpc) is 2.28. The summed E-state index contributed by atoms with van der Waals surface area (Å²) in [6.45, 7) is 0. The number of nitrogens with two attached hydrogens (primary N) is 1. The van der Waals surface area contributed by atoms with Crippen molar-refractivity contribution in [3.8, 4) is 0 Å². The van der Waals surface area contributed by atoms with Crippen molar-refractivity contribution < 1.29 is 4.39 Å². The van der Waals surface area contributed by atoms with Crippen LogP contribution in [0.1, 0.15) is 0 Å². The largest absolute Gasteiger partial charge is 0.368 e. The van der Waals surface area contributed by atoms with Crippen molar-refractivity contribution in [2.24, 2.45) is 0 Å². The zero-order valence-corrected chi connectivity index (χ0v) is 9.82. The van der Waals surface area contributed by atoms with Crippen LogP contribution in [0, 0.1) is 5.82 Å². The molecule has 1 aromatic heterocycles. The molecule has 0 amide bonds. The summed E-state index contributed by atoms with van der Waals surface area (Å²) in [6.07, 6.45) is 0. The van der Waals surface area contributed by atoms with Crippen LogP contribution in [0.3, 0.4) is 0 Å². The zero-order valence-electron chi connectivity index (χ0n) is 9.06. The minimum atomic E-state index is -0.289. The topological polar surface area (TPSA) is 55.0 Å². The Morgan fingerprint density at radius 3 is 2.47 bits per heavy atom. The lowest BCUT2D eigenvalue weighted by Crippen LogP contribution is -2.12. The van der Waals surface area contributed by atoms with Crippen molar-refractivity contribution in [1.82, 2.24) is 9.97 Å². The Morgan fingerprint density at radius 1 is 1.24 bits per heavy atom. The monoisotopic (exact) mass is 252 g/mol. The maximum absolute atomic E-state index is 12.8. The Hall–Kier alpha value is -1.88. The first-order valence-electron chi connectivity index (χ1n) is 4.85. The number of nitrogen functional groups attached to an aromatic ring is 1. The van der Waals surface area contributed by atoms with Crippen LogP contribution < -0.4 is 10.6 Å². The van der Waals surface area contributed by atoms with Gasteiger partial charge in [-0.1, -0.05) is 11.6 Å². The molecule has 0 aliphatic heterocycles. The number of aromatic nitrogens is 2. The van der Waals surface area contributed by atoms with Crippen molar-refractivity contribution in [3.63, 3.8) is 0 Å². The van der Waals surface area contributed by atoms with Crippen LogP contribution in [0.5, 0.6) is 0 Å². The fraction of sp³-hybridized carbons (Fsp3) is 0.0909. The molecule has 0 saturated heterocycles. The lowest BCUT2D eigenvalue weighted by molar-refractivity contribution is 0.628. The summed E-state index contributed by atoms with van der Waals surface area (Å²) in [4.78, 5) is 9.56. The van der Waals surface area contributed by atoms with E-state index in [1.807, 2.05) is 0 Å². The fourth-order valence-electron chi connectivity index (χ4n) is 1.39. The van der Waals surface area contributed by atoms with E-state index in [1.165, 1.54) is 12.1 Å². The third-order valence-electron chi connectivity index (χ3n) is 2.26. The van der Waals surface area contributed by atoms with Gasteiger partial charge < -0.3 is 10.6 Å². The van der Waals surface area contributed by atoms with Crippen molar-refractivity contribution in [3.05, 3.63) is 41.3 Å². The summed E-state index contributed by atoms with van der Waals surface area (Å²) in [7, 11) is 1.78. The Balaban J connectivity index is 2.36. The van der Waals surface area contributed by atoms with Crippen LogP contribution in [0.2, 0.25) is 5.15 Å². The molecular weight excluding hydrogens is 243 g/mol. The molecule has 17 heavy (non-hydrogen) atoms. The quantitative estimate of drug-likeness (QED) is 0.835. The molecule has 2 N–H and O–H groups in total. The molecule has 0 spiro atoms. The third-order valence-corrected chi connectivity index (χ3v) is 2.45. The SMILES string of the molecule is CN(c1ccc(F)cc1)c1cc(Cl)nc(N)n1. The number of nitrogens with zero attached hydrogens (tertiary/aromatic N) is 3. The van der Waals surface area contributed by atoms with E-state index in [9.17, 15) is 4.39 Å². The molecular formula is C11H10ClFN4. The van der Waals surface area contributed by atoms with E-state index in [4.69, 9.17) is 17.3 Å². The number of hydrogen-bond donors (Lipinski definition) is 1. The highest BCUT2D eigenvalue weighted by Crippen LogP contribution is 2.24. The van der Waals surface area contributed by atoms with Gasteiger partial charge >= 0.3 is 0 Å². The first-order valence-corrected chi connectivity index (χ1v) is 5.23. The van der Waals surface area contributed by atoms with Crippen molar-refractivity contribution in [2.75, 3.05) is 17.7 Å². The lowest BCUT2D eigenvalue weighted by atomic mass is 10.3. The molecule has 0 unspecified atom stereocenters. The summed E-state index contributed by atoms with van der Waals surface area (Å²) >= 11 is 5.79. The fourth-order valence-corrected chi connectivity index (χ4v) is 1.58. The Bertz CT molecular complexity index is 509. The highest BCUT2D eigenvalue weighted by atomic mass is 35.5. The van der Waals surface area contributed by atoms with E-state index in [-0.39, 0.29) is 16.9 Å². The minimum absolute atomic E-state index is 0.0986. The first kappa shape index (κ1) is 11.6. The molecule has 6 heteroatoms. The van der Waals surface area contributed by atoms with Gasteiger partial charge in [0.15, 0.2) is 0 Å². The molecule has 0 fully saturated rings. The van der Waals surface area contributed by atoms with Crippen molar-refractivity contribution in [1.29, 1.82) is 0 Å². The van der Waals surface area contributed by atoms with Gasteiger partial charge in [-0.15, -0.1) is 0 Å². The maximum atomic E-state index is 12.8. The molecule has 0 aliphatic rings. The normalized spacial score (nSPS) is 10.3. The van der Waals surface area contributed by atoms with Crippen molar-refractivity contribution >= 4 is 29.1 Å². The molecule has 0 aliphatic carbocycles. The summed E-state index contributed by atoms with van der Waals surface area (Å²) in [6, 6.07) is 7.61. The maximum Gasteiger partial charge on any atom is 0.223 e. The van der Waals surface area contributed by atoms with Gasteiger partial charge in [0.2, 0.25) is 5.95 Å². The van der Waals surface area contributed by atoms with E-state index in [2.05, 4.69) is 9.97 Å². The summed E-state index contributed by atoms with van der Waals surface area (Å²) in [5, 5.41) is 0.265. The molecule has 88 valence electrons. The van der Waals surface area contributed by atoms with E-state index in [0.29, 0.717) is 5.82 Å². The lowest BCUT2D eigenvalue weighted by Gasteiger charge is -2.18. The van der Waals surface area contributed by atoms with E-state index in [0.717, 1.165) is 5.69 Å². The predicted octanol–water partition coefficient (Wildman–Crippen LogP) is 2.62. The molecule has 1 heterocycles.